The summed E-state index contributed by atoms with van der Waals surface area (Å²) in [6.45, 7) is 10.8. The summed E-state index contributed by atoms with van der Waals surface area (Å²) in [7, 11) is -0.782. The van der Waals surface area contributed by atoms with E-state index >= 15 is 0 Å². The van der Waals surface area contributed by atoms with E-state index in [4.69, 9.17) is 14.5 Å². The maximum atomic E-state index is 13.5. The molecule has 2 amide bonds. The molecule has 4 fully saturated rings. The summed E-state index contributed by atoms with van der Waals surface area (Å²) in [5.41, 5.74) is 3.61. The fourth-order valence-corrected chi connectivity index (χ4v) is 11.1. The number of methoxy groups -OCH3 is 2. The third-order valence-electron chi connectivity index (χ3n) is 15.5. The summed E-state index contributed by atoms with van der Waals surface area (Å²) in [4.78, 5) is 40.5. The molecular formula is C56H82N10O8S2. The van der Waals surface area contributed by atoms with Gasteiger partial charge in [0.25, 0.3) is 5.91 Å². The number of anilines is 4. The van der Waals surface area contributed by atoms with Gasteiger partial charge in [-0.3, -0.25) is 18.2 Å². The van der Waals surface area contributed by atoms with Gasteiger partial charge >= 0.3 is 0 Å². The lowest BCUT2D eigenvalue weighted by molar-refractivity contribution is -0.124. The van der Waals surface area contributed by atoms with Crippen molar-refractivity contribution < 1.29 is 35.9 Å². The van der Waals surface area contributed by atoms with Crippen LogP contribution < -0.4 is 39.7 Å². The van der Waals surface area contributed by atoms with Crippen LogP contribution in [0.5, 0.6) is 0 Å². The van der Waals surface area contributed by atoms with E-state index in [1.807, 2.05) is 30.3 Å². The van der Waals surface area contributed by atoms with E-state index in [0.717, 1.165) is 86.2 Å². The summed E-state index contributed by atoms with van der Waals surface area (Å²) in [5, 5.41) is 13.2. The van der Waals surface area contributed by atoms with Crippen LogP contribution in [0.25, 0.3) is 0 Å². The van der Waals surface area contributed by atoms with Crippen molar-refractivity contribution in [1.29, 1.82) is 0 Å². The Morgan fingerprint density at radius 2 is 1.12 bits per heavy atom. The molecule has 18 nitrogen and oxygen atoms in total. The van der Waals surface area contributed by atoms with Gasteiger partial charge in [0.15, 0.2) is 0 Å². The van der Waals surface area contributed by atoms with Gasteiger partial charge in [-0.25, -0.2) is 26.8 Å². The Kier molecular flexibility index (Phi) is 20.6. The fraction of sp³-hybridized carbons (Fsp3) is 0.571. The zero-order valence-electron chi connectivity index (χ0n) is 45.8. The largest absolute Gasteiger partial charge is 0.383 e. The number of amides is 2. The van der Waals surface area contributed by atoms with Crippen molar-refractivity contribution in [3.63, 3.8) is 0 Å². The molecule has 4 aromatic rings. The molecule has 2 aromatic carbocycles. The number of carbonyl (C=O) groups is 2. The van der Waals surface area contributed by atoms with E-state index < -0.39 is 20.0 Å². The van der Waals surface area contributed by atoms with Gasteiger partial charge in [-0.15, -0.1) is 0 Å². The molecule has 2 aliphatic carbocycles. The predicted molar refractivity (Wildman–Crippen MR) is 302 cm³/mol. The molecule has 2 aromatic heterocycles. The number of hydrogen-bond acceptors (Lipinski definition) is 14. The van der Waals surface area contributed by atoms with Crippen molar-refractivity contribution in [2.75, 3.05) is 118 Å². The average Bonchev–Trinajstić information content (AvgIpc) is 4.34. The maximum absolute atomic E-state index is 13.5. The molecule has 0 unspecified atom stereocenters. The number of sulfonamides is 2. The highest BCUT2D eigenvalue weighted by molar-refractivity contribution is 7.92. The van der Waals surface area contributed by atoms with Gasteiger partial charge in [-0.05, 0) is 116 Å². The van der Waals surface area contributed by atoms with Crippen LogP contribution in [0.2, 0.25) is 0 Å². The van der Waals surface area contributed by atoms with Gasteiger partial charge in [0, 0.05) is 91.0 Å². The zero-order chi connectivity index (χ0) is 54.6. The van der Waals surface area contributed by atoms with E-state index in [9.17, 15) is 26.4 Å². The second-order valence-electron chi connectivity index (χ2n) is 21.3. The SMILES string of the molecule is COCCN(C[C@H]1C[C@@H]1C)c1cc(C(=O)NC[C@H]2NCCC[C@H]2c2ccccc2)cc(N(C)S(C)(=O)=O)n1.COCCN(C[C@H]1C[C@@H]1C)c1cc(CNC(=O)[C@H]2NCCC[C@H]2c2ccccc2)cc(N(C)S(C)(=O)=O)n1. The summed E-state index contributed by atoms with van der Waals surface area (Å²) in [6.07, 6.45) is 8.75. The molecule has 2 saturated carbocycles. The normalized spacial score (nSPS) is 23.1. The molecule has 8 rings (SSSR count). The molecule has 8 atom stereocenters. The maximum Gasteiger partial charge on any atom is 0.251 e. The molecule has 2 aliphatic heterocycles. The van der Waals surface area contributed by atoms with Crippen LogP contribution in [0.4, 0.5) is 23.3 Å². The summed E-state index contributed by atoms with van der Waals surface area (Å²) < 4.78 is 62.3. The Morgan fingerprint density at radius 3 is 1.63 bits per heavy atom. The quantitative estimate of drug-likeness (QED) is 0.0675. The van der Waals surface area contributed by atoms with Crippen LogP contribution in [-0.2, 0) is 40.9 Å². The zero-order valence-corrected chi connectivity index (χ0v) is 47.4. The van der Waals surface area contributed by atoms with Crippen molar-refractivity contribution in [2.24, 2.45) is 23.7 Å². The summed E-state index contributed by atoms with van der Waals surface area (Å²) >= 11 is 0. The first-order valence-corrected chi connectivity index (χ1v) is 30.5. The molecule has 76 heavy (non-hydrogen) atoms. The van der Waals surface area contributed by atoms with E-state index in [1.54, 1.807) is 32.4 Å². The molecule has 0 bridgehead atoms. The standard InChI is InChI=1S/2C28H41N5O4S/c1-20-15-23(20)19-33(13-14-37-3)26-17-21(16-25(31-26)32(2)38(4,35)36)18-30-28(34)27-24(11-8-12-29-27)22-9-6-5-7-10-22;1-20-15-23(20)19-33(13-14-37-3)27-17-22(16-26(31-27)32(2)38(4,35)36)28(34)30-18-25-24(11-8-12-29-25)21-9-6-5-7-10-21/h5-7,9-10,16-17,20,23-24,27,29H,8,11-15,18-19H2,1-4H3,(H,30,34);5-7,9-10,16-17,20,23-25,29H,8,11-15,18-19H2,1-4H3,(H,30,34)/t20-,23+,24-,27-;20-,23+,24-,25+/m00/s1. The second kappa shape index (κ2) is 26.8. The minimum absolute atomic E-state index is 0.0574. The van der Waals surface area contributed by atoms with Crippen LogP contribution >= 0.6 is 0 Å². The second-order valence-corrected chi connectivity index (χ2v) is 25.3. The van der Waals surface area contributed by atoms with E-state index in [1.165, 1.54) is 30.4 Å². The molecule has 4 N–H and O–H groups in total. The molecule has 0 radical (unpaired) electrons. The van der Waals surface area contributed by atoms with Crippen LogP contribution in [0.1, 0.15) is 91.3 Å². The number of piperidine rings is 2. The first-order valence-electron chi connectivity index (χ1n) is 26.9. The molecular weight excluding hydrogens is 1000 g/mol. The summed E-state index contributed by atoms with van der Waals surface area (Å²) in [5.74, 6) is 4.39. The van der Waals surface area contributed by atoms with Crippen LogP contribution in [-0.4, -0.2) is 151 Å². The van der Waals surface area contributed by atoms with Crippen LogP contribution in [0.15, 0.2) is 84.9 Å². The van der Waals surface area contributed by atoms with Gasteiger partial charge in [0.1, 0.15) is 23.3 Å². The highest BCUT2D eigenvalue weighted by atomic mass is 32.2. The number of rotatable bonds is 24. The lowest BCUT2D eigenvalue weighted by atomic mass is 9.84. The molecule has 4 heterocycles. The Labute approximate surface area is 452 Å². The molecule has 2 saturated heterocycles. The monoisotopic (exact) mass is 1090 g/mol. The van der Waals surface area contributed by atoms with Gasteiger partial charge in [0.05, 0.1) is 31.8 Å². The third-order valence-corrected chi connectivity index (χ3v) is 17.9. The number of nitrogens with one attached hydrogen (secondary N) is 4. The van der Waals surface area contributed by atoms with E-state index in [0.29, 0.717) is 85.5 Å². The van der Waals surface area contributed by atoms with Gasteiger partial charge in [-0.1, -0.05) is 74.5 Å². The van der Waals surface area contributed by atoms with Crippen molar-refractivity contribution >= 4 is 55.1 Å². The highest BCUT2D eigenvalue weighted by Gasteiger charge is 2.37. The number of benzene rings is 2. The first-order chi connectivity index (χ1) is 36.3. The molecule has 0 spiro atoms. The van der Waals surface area contributed by atoms with Crippen molar-refractivity contribution in [2.45, 2.75) is 82.8 Å². The fourth-order valence-electron chi connectivity index (χ4n) is 10.2. The summed E-state index contributed by atoms with van der Waals surface area (Å²) in [6, 6.07) is 27.4. The number of ether oxygens (including phenoxy) is 2. The lowest BCUT2D eigenvalue weighted by Crippen LogP contribution is -2.50. The first kappa shape index (κ1) is 58.3. The topological polar surface area (TPSA) is 208 Å². The van der Waals surface area contributed by atoms with Crippen molar-refractivity contribution in [3.05, 3.63) is 107 Å². The molecule has 20 heteroatoms. The third kappa shape index (κ3) is 16.3. The smallest absolute Gasteiger partial charge is 0.251 e. The number of aromatic nitrogens is 2. The highest BCUT2D eigenvalue weighted by Crippen LogP contribution is 2.40. The van der Waals surface area contributed by atoms with E-state index in [-0.39, 0.29) is 42.2 Å². The van der Waals surface area contributed by atoms with Crippen molar-refractivity contribution in [1.82, 2.24) is 31.2 Å². The van der Waals surface area contributed by atoms with Gasteiger partial charge in [0.2, 0.25) is 26.0 Å². The minimum atomic E-state index is -3.56. The number of hydrogen-bond donors (Lipinski definition) is 4. The molecule has 4 aliphatic rings. The number of carbonyl (C=O) groups excluding carboxylic acids is 2. The Hall–Kier alpha value is -5.38. The van der Waals surface area contributed by atoms with Gasteiger partial charge < -0.3 is 40.5 Å². The minimum Gasteiger partial charge on any atom is -0.383 e. The van der Waals surface area contributed by atoms with Crippen LogP contribution in [0, 0.1) is 23.7 Å². The predicted octanol–water partition coefficient (Wildman–Crippen LogP) is 5.59. The Morgan fingerprint density at radius 1 is 0.658 bits per heavy atom. The average molecular weight is 1090 g/mol. The number of pyridine rings is 2. The van der Waals surface area contributed by atoms with Crippen molar-refractivity contribution in [3.8, 4) is 0 Å². The van der Waals surface area contributed by atoms with Gasteiger partial charge in [-0.2, -0.15) is 0 Å². The van der Waals surface area contributed by atoms with Crippen LogP contribution in [0.3, 0.4) is 0 Å². The Balaban J connectivity index is 0.000000221. The number of nitrogens with zero attached hydrogens (tertiary/aromatic N) is 6. The lowest BCUT2D eigenvalue weighted by Gasteiger charge is -2.33. The molecule has 416 valence electrons. The Bertz CT molecular complexity index is 2760. The van der Waals surface area contributed by atoms with E-state index in [2.05, 4.69) is 86.3 Å².